The Kier molecular flexibility index (Phi) is 5.94. The van der Waals surface area contributed by atoms with Crippen LogP contribution < -0.4 is 4.90 Å². The van der Waals surface area contributed by atoms with Crippen molar-refractivity contribution in [2.24, 2.45) is 5.41 Å². The zero-order chi connectivity index (χ0) is 32.9. The molecular formula is C46H35N3. The molecule has 0 amide bonds. The Morgan fingerprint density at radius 2 is 1.45 bits per heavy atom. The first-order valence-electron chi connectivity index (χ1n) is 17.4. The number of anilines is 2. The van der Waals surface area contributed by atoms with Gasteiger partial charge >= 0.3 is 0 Å². The topological polar surface area (TPSA) is 32.0 Å². The van der Waals surface area contributed by atoms with E-state index in [0.29, 0.717) is 5.56 Å². The molecule has 1 aliphatic heterocycles. The maximum absolute atomic E-state index is 10.4. The number of aromatic nitrogens is 1. The maximum atomic E-state index is 10.4. The summed E-state index contributed by atoms with van der Waals surface area (Å²) in [6.07, 6.45) is 12.1. The molecule has 10 rings (SSSR count). The molecule has 2 heterocycles. The molecule has 3 nitrogen and oxygen atoms in total. The Morgan fingerprint density at radius 3 is 2.22 bits per heavy atom. The Labute approximate surface area is 287 Å². The van der Waals surface area contributed by atoms with Crippen LogP contribution >= 0.6 is 0 Å². The van der Waals surface area contributed by atoms with Gasteiger partial charge in [0.25, 0.3) is 0 Å². The molecule has 4 aliphatic rings. The van der Waals surface area contributed by atoms with Gasteiger partial charge in [-0.15, -0.1) is 0 Å². The third-order valence-corrected chi connectivity index (χ3v) is 11.4. The Morgan fingerprint density at radius 1 is 0.755 bits per heavy atom. The molecule has 0 bridgehead atoms. The van der Waals surface area contributed by atoms with Gasteiger partial charge in [0.05, 0.1) is 28.7 Å². The lowest BCUT2D eigenvalue weighted by Gasteiger charge is -2.34. The molecule has 1 aromatic heterocycles. The van der Waals surface area contributed by atoms with Gasteiger partial charge in [-0.25, -0.2) is 0 Å². The van der Waals surface area contributed by atoms with Gasteiger partial charge in [0, 0.05) is 44.7 Å². The minimum absolute atomic E-state index is 0.00424. The van der Waals surface area contributed by atoms with Gasteiger partial charge in [0.15, 0.2) is 0 Å². The lowest BCUT2D eigenvalue weighted by molar-refractivity contribution is 0.563. The summed E-state index contributed by atoms with van der Waals surface area (Å²) in [5.74, 6) is 0.256. The van der Waals surface area contributed by atoms with E-state index in [1.165, 1.54) is 44.3 Å². The first kappa shape index (κ1) is 28.2. The van der Waals surface area contributed by atoms with Gasteiger partial charge < -0.3 is 9.47 Å². The fraction of sp³-hybridized carbons (Fsp3) is 0.152. The standard InChI is InChI=1S/C46H35N3/c1-46(2)39-18-8-3-14-33(39)37-27-45-38(26-40(37)46)36-17-7-12-22-44(36)49(45)41-19-9-4-13-32(41)30-23-29(28-47)24-31(25-30)48-42-20-10-5-15-34(42)35-16-6-11-21-43(35)48/h4-13,15-27,38,45H,3,14H2,1-2H3. The Bertz CT molecular complexity index is 2510. The minimum atomic E-state index is 0.00424. The molecule has 0 spiro atoms. The first-order chi connectivity index (χ1) is 24.0. The molecule has 0 radical (unpaired) electrons. The zero-order valence-electron chi connectivity index (χ0n) is 27.7. The number of allylic oxidation sites excluding steroid dienone is 6. The number of nitrogens with zero attached hydrogens (tertiary/aromatic N) is 3. The minimum Gasteiger partial charge on any atom is -0.333 e. The second-order valence-electron chi connectivity index (χ2n) is 14.3. The van der Waals surface area contributed by atoms with Gasteiger partial charge in [0.1, 0.15) is 0 Å². The maximum Gasteiger partial charge on any atom is 0.0992 e. The van der Waals surface area contributed by atoms with Crippen LogP contribution in [0.25, 0.3) is 38.6 Å². The summed E-state index contributed by atoms with van der Waals surface area (Å²) < 4.78 is 2.31. The van der Waals surface area contributed by atoms with Gasteiger partial charge in [0.2, 0.25) is 0 Å². The van der Waals surface area contributed by atoms with Crippen molar-refractivity contribution < 1.29 is 0 Å². The molecular weight excluding hydrogens is 595 g/mol. The largest absolute Gasteiger partial charge is 0.333 e. The fourth-order valence-corrected chi connectivity index (χ4v) is 9.25. The highest BCUT2D eigenvalue weighted by molar-refractivity contribution is 6.09. The highest BCUT2D eigenvalue weighted by Crippen LogP contribution is 2.59. The number of hydrogen-bond acceptors (Lipinski definition) is 2. The number of para-hydroxylation sites is 4. The fourth-order valence-electron chi connectivity index (χ4n) is 9.25. The van der Waals surface area contributed by atoms with Crippen LogP contribution in [0.3, 0.4) is 0 Å². The predicted octanol–water partition coefficient (Wildman–Crippen LogP) is 11.5. The number of nitriles is 1. The Balaban J connectivity index is 1.17. The average molecular weight is 630 g/mol. The van der Waals surface area contributed by atoms with Crippen LogP contribution in [0.2, 0.25) is 0 Å². The summed E-state index contributed by atoms with van der Waals surface area (Å²) in [7, 11) is 0. The summed E-state index contributed by atoms with van der Waals surface area (Å²) >= 11 is 0. The van der Waals surface area contributed by atoms with Crippen LogP contribution in [-0.4, -0.2) is 10.6 Å². The van der Waals surface area contributed by atoms with Crippen molar-refractivity contribution in [3.05, 3.63) is 173 Å². The second kappa shape index (κ2) is 10.3. The molecule has 3 heteroatoms. The van der Waals surface area contributed by atoms with Crippen LogP contribution in [0.15, 0.2) is 162 Å². The third-order valence-electron chi connectivity index (χ3n) is 11.4. The van der Waals surface area contributed by atoms with Crippen LogP contribution in [0.1, 0.15) is 43.7 Å². The first-order valence-corrected chi connectivity index (χ1v) is 17.4. The summed E-state index contributed by atoms with van der Waals surface area (Å²) in [6, 6.07) is 43.8. The van der Waals surface area contributed by atoms with E-state index >= 15 is 0 Å². The van der Waals surface area contributed by atoms with E-state index in [9.17, 15) is 5.26 Å². The molecule has 2 atom stereocenters. The normalized spacial score (nSPS) is 20.1. The lowest BCUT2D eigenvalue weighted by atomic mass is 9.75. The summed E-state index contributed by atoms with van der Waals surface area (Å²) in [5, 5.41) is 12.8. The smallest absolute Gasteiger partial charge is 0.0992 e. The quantitative estimate of drug-likeness (QED) is 0.195. The van der Waals surface area contributed by atoms with Gasteiger partial charge in [-0.05, 0) is 88.7 Å². The van der Waals surface area contributed by atoms with Crippen LogP contribution in [0.4, 0.5) is 11.4 Å². The van der Waals surface area contributed by atoms with E-state index in [-0.39, 0.29) is 17.4 Å². The van der Waals surface area contributed by atoms with E-state index in [1.807, 2.05) is 6.07 Å². The van der Waals surface area contributed by atoms with Crippen LogP contribution in [0.5, 0.6) is 0 Å². The predicted molar refractivity (Wildman–Crippen MR) is 201 cm³/mol. The molecule has 3 aliphatic carbocycles. The molecule has 234 valence electrons. The van der Waals surface area contributed by atoms with Crippen LogP contribution in [0, 0.1) is 16.7 Å². The molecule has 2 unspecified atom stereocenters. The number of hydrogen-bond donors (Lipinski definition) is 0. The van der Waals surface area contributed by atoms with Gasteiger partial charge in [-0.1, -0.05) is 111 Å². The van der Waals surface area contributed by atoms with Gasteiger partial charge in [-0.3, -0.25) is 0 Å². The summed E-state index contributed by atoms with van der Waals surface area (Å²) in [6.45, 7) is 4.80. The van der Waals surface area contributed by atoms with Crippen molar-refractivity contribution in [2.45, 2.75) is 38.6 Å². The van der Waals surface area contributed by atoms with Crippen molar-refractivity contribution in [2.75, 3.05) is 4.90 Å². The van der Waals surface area contributed by atoms with Crippen LogP contribution in [-0.2, 0) is 0 Å². The van der Waals surface area contributed by atoms with E-state index in [4.69, 9.17) is 0 Å². The average Bonchev–Trinajstić information content (AvgIpc) is 3.74. The lowest BCUT2D eigenvalue weighted by Crippen LogP contribution is -2.31. The molecule has 0 fully saturated rings. The van der Waals surface area contributed by atoms with E-state index in [1.54, 1.807) is 0 Å². The zero-order valence-corrected chi connectivity index (χ0v) is 27.7. The number of benzene rings is 5. The van der Waals surface area contributed by atoms with Crippen molar-refractivity contribution >= 4 is 33.2 Å². The molecule has 5 aromatic carbocycles. The van der Waals surface area contributed by atoms with E-state index < -0.39 is 0 Å². The van der Waals surface area contributed by atoms with Crippen molar-refractivity contribution in [3.8, 4) is 22.9 Å². The SMILES string of the molecule is CC1(C)C2=CC3c4ccccc4N(c4ccccc4-c4cc(C#N)cc(-n5c6ccccc6c6ccccc65)c4)C3C=C2C2=C1C=CCC2. The van der Waals surface area contributed by atoms with Crippen molar-refractivity contribution in [3.63, 3.8) is 0 Å². The molecule has 0 saturated heterocycles. The number of rotatable bonds is 3. The Hall–Kier alpha value is -5.85. The van der Waals surface area contributed by atoms with Crippen molar-refractivity contribution in [1.82, 2.24) is 4.57 Å². The molecule has 49 heavy (non-hydrogen) atoms. The van der Waals surface area contributed by atoms with Crippen molar-refractivity contribution in [1.29, 1.82) is 5.26 Å². The van der Waals surface area contributed by atoms with E-state index in [0.717, 1.165) is 46.4 Å². The number of fused-ring (bicyclic) bond motifs is 8. The highest BCUT2D eigenvalue weighted by atomic mass is 15.2. The molecule has 0 saturated carbocycles. The van der Waals surface area contributed by atoms with Gasteiger partial charge in [-0.2, -0.15) is 5.26 Å². The monoisotopic (exact) mass is 629 g/mol. The summed E-state index contributed by atoms with van der Waals surface area (Å²) in [4.78, 5) is 2.57. The molecule has 0 N–H and O–H groups in total. The third kappa shape index (κ3) is 3.95. The van der Waals surface area contributed by atoms with E-state index in [2.05, 4.69) is 163 Å². The molecule has 6 aromatic rings. The second-order valence-corrected chi connectivity index (χ2v) is 14.3. The summed E-state index contributed by atoms with van der Waals surface area (Å²) in [5.41, 5.74) is 15.8. The highest BCUT2D eigenvalue weighted by Gasteiger charge is 2.47.